The van der Waals surface area contributed by atoms with E-state index in [1.807, 2.05) is 0 Å². The molecule has 6 heteroatoms. The van der Waals surface area contributed by atoms with Gasteiger partial charge in [-0.25, -0.2) is 0 Å². The van der Waals surface area contributed by atoms with Crippen LogP contribution in [0.15, 0.2) is 15.9 Å². The molecule has 0 bridgehead atoms. The topological polar surface area (TPSA) is 37.8 Å². The first-order valence-corrected chi connectivity index (χ1v) is 8.11. The van der Waals surface area contributed by atoms with Crippen molar-refractivity contribution in [2.45, 2.75) is 25.3 Å². The first-order chi connectivity index (χ1) is 8.33. The SMILES string of the molecule is Brc1ccsc1-c1nnc(CCNC2CC2)s1. The summed E-state index contributed by atoms with van der Waals surface area (Å²) in [7, 11) is 0. The number of halogens is 1. The molecule has 0 spiro atoms. The van der Waals surface area contributed by atoms with Crippen LogP contribution in [0.25, 0.3) is 9.88 Å². The van der Waals surface area contributed by atoms with E-state index in [1.165, 1.54) is 17.7 Å². The van der Waals surface area contributed by atoms with Crippen molar-refractivity contribution in [2.75, 3.05) is 6.54 Å². The Labute approximate surface area is 116 Å². The van der Waals surface area contributed by atoms with Crippen LogP contribution >= 0.6 is 38.6 Å². The Bertz CT molecular complexity index is 504. The molecular weight excluding hydrogens is 318 g/mol. The molecule has 0 aliphatic heterocycles. The molecule has 0 aromatic carbocycles. The van der Waals surface area contributed by atoms with Gasteiger partial charge in [0.15, 0.2) is 5.01 Å². The lowest BCUT2D eigenvalue weighted by molar-refractivity contribution is 0.677. The first-order valence-electron chi connectivity index (χ1n) is 5.62. The Hall–Kier alpha value is -0.300. The Morgan fingerprint density at radius 2 is 2.29 bits per heavy atom. The third kappa shape index (κ3) is 2.93. The molecule has 2 heterocycles. The van der Waals surface area contributed by atoms with Gasteiger partial charge in [-0.2, -0.15) is 0 Å². The smallest absolute Gasteiger partial charge is 0.158 e. The van der Waals surface area contributed by atoms with Crippen molar-refractivity contribution in [3.63, 3.8) is 0 Å². The average molecular weight is 330 g/mol. The van der Waals surface area contributed by atoms with Crippen LogP contribution in [0.2, 0.25) is 0 Å². The second kappa shape index (κ2) is 5.14. The van der Waals surface area contributed by atoms with E-state index in [9.17, 15) is 0 Å². The standard InChI is InChI=1S/C11H12BrN3S2/c12-8-4-6-16-10(8)11-15-14-9(17-11)3-5-13-7-1-2-7/h4,6-7,13H,1-3,5H2. The monoisotopic (exact) mass is 329 g/mol. The molecule has 0 amide bonds. The van der Waals surface area contributed by atoms with Gasteiger partial charge < -0.3 is 5.32 Å². The molecule has 2 aromatic rings. The quantitative estimate of drug-likeness (QED) is 0.914. The molecule has 90 valence electrons. The molecule has 3 nitrogen and oxygen atoms in total. The summed E-state index contributed by atoms with van der Waals surface area (Å²) in [4.78, 5) is 1.18. The fraction of sp³-hybridized carbons (Fsp3) is 0.455. The van der Waals surface area contributed by atoms with Crippen LogP contribution in [-0.4, -0.2) is 22.8 Å². The van der Waals surface area contributed by atoms with E-state index < -0.39 is 0 Å². The summed E-state index contributed by atoms with van der Waals surface area (Å²) >= 11 is 6.92. The van der Waals surface area contributed by atoms with Gasteiger partial charge in [-0.05, 0) is 40.2 Å². The van der Waals surface area contributed by atoms with Gasteiger partial charge in [0.2, 0.25) is 0 Å². The van der Waals surface area contributed by atoms with Crippen molar-refractivity contribution in [2.24, 2.45) is 0 Å². The fourth-order valence-corrected chi connectivity index (χ4v) is 4.20. The van der Waals surface area contributed by atoms with E-state index >= 15 is 0 Å². The highest BCUT2D eigenvalue weighted by molar-refractivity contribution is 9.10. The normalized spacial score (nSPS) is 15.4. The minimum atomic E-state index is 0.772. The van der Waals surface area contributed by atoms with Crippen molar-refractivity contribution < 1.29 is 0 Å². The first kappa shape index (κ1) is 11.8. The molecule has 0 atom stereocenters. The number of aromatic nitrogens is 2. The fourth-order valence-electron chi connectivity index (χ4n) is 1.56. The lowest BCUT2D eigenvalue weighted by atomic mass is 10.4. The molecule has 3 rings (SSSR count). The summed E-state index contributed by atoms with van der Waals surface area (Å²) in [6.07, 6.45) is 3.66. The molecule has 1 aliphatic rings. The summed E-state index contributed by atoms with van der Waals surface area (Å²) in [5.74, 6) is 0. The van der Waals surface area contributed by atoms with Crippen molar-refractivity contribution in [1.29, 1.82) is 0 Å². The summed E-state index contributed by atoms with van der Waals surface area (Å²) in [5.41, 5.74) is 0. The number of hydrogen-bond donors (Lipinski definition) is 1. The number of rotatable bonds is 5. The zero-order chi connectivity index (χ0) is 11.7. The lowest BCUT2D eigenvalue weighted by Crippen LogP contribution is -2.19. The molecule has 17 heavy (non-hydrogen) atoms. The number of thiophene rings is 1. The number of nitrogens with one attached hydrogen (secondary N) is 1. The van der Waals surface area contributed by atoms with Gasteiger partial charge in [-0.15, -0.1) is 21.5 Å². The van der Waals surface area contributed by atoms with Crippen LogP contribution < -0.4 is 5.32 Å². The minimum Gasteiger partial charge on any atom is -0.314 e. The van der Waals surface area contributed by atoms with Crippen LogP contribution in [0.4, 0.5) is 0 Å². The third-order valence-corrected chi connectivity index (χ3v) is 5.60. The molecule has 2 aromatic heterocycles. The maximum Gasteiger partial charge on any atom is 0.158 e. The zero-order valence-corrected chi connectivity index (χ0v) is 12.4. The maximum atomic E-state index is 4.25. The van der Waals surface area contributed by atoms with E-state index in [0.717, 1.165) is 33.5 Å². The molecule has 0 unspecified atom stereocenters. The largest absolute Gasteiger partial charge is 0.314 e. The molecule has 0 radical (unpaired) electrons. The van der Waals surface area contributed by atoms with Gasteiger partial charge in [0, 0.05) is 23.5 Å². The highest BCUT2D eigenvalue weighted by Crippen LogP contribution is 2.35. The number of nitrogens with zero attached hydrogens (tertiary/aromatic N) is 2. The third-order valence-electron chi connectivity index (χ3n) is 2.63. The van der Waals surface area contributed by atoms with Gasteiger partial charge in [0.1, 0.15) is 5.01 Å². The minimum absolute atomic E-state index is 0.772. The Kier molecular flexibility index (Phi) is 3.56. The van der Waals surface area contributed by atoms with Crippen molar-refractivity contribution >= 4 is 38.6 Å². The van der Waals surface area contributed by atoms with E-state index in [-0.39, 0.29) is 0 Å². The van der Waals surface area contributed by atoms with Gasteiger partial charge in [-0.1, -0.05) is 11.3 Å². The van der Waals surface area contributed by atoms with Crippen molar-refractivity contribution in [3.8, 4) is 9.88 Å². The second-order valence-corrected chi connectivity index (χ2v) is 6.91. The van der Waals surface area contributed by atoms with E-state index in [2.05, 4.69) is 42.9 Å². The molecule has 1 fully saturated rings. The predicted molar refractivity (Wildman–Crippen MR) is 75.7 cm³/mol. The Balaban J connectivity index is 1.63. The van der Waals surface area contributed by atoms with Gasteiger partial charge in [-0.3, -0.25) is 0 Å². The zero-order valence-electron chi connectivity index (χ0n) is 9.15. The molecule has 1 aliphatic carbocycles. The lowest BCUT2D eigenvalue weighted by Gasteiger charge is -1.97. The summed E-state index contributed by atoms with van der Waals surface area (Å²) in [5, 5.41) is 16.2. The van der Waals surface area contributed by atoms with E-state index in [1.54, 1.807) is 22.7 Å². The van der Waals surface area contributed by atoms with Crippen LogP contribution in [0.3, 0.4) is 0 Å². The van der Waals surface area contributed by atoms with Crippen LogP contribution in [0.5, 0.6) is 0 Å². The highest BCUT2D eigenvalue weighted by Gasteiger charge is 2.20. The summed E-state index contributed by atoms with van der Waals surface area (Å²) < 4.78 is 1.11. The van der Waals surface area contributed by atoms with Crippen LogP contribution in [0.1, 0.15) is 17.8 Å². The Morgan fingerprint density at radius 3 is 3.00 bits per heavy atom. The maximum absolute atomic E-state index is 4.25. The van der Waals surface area contributed by atoms with Gasteiger partial charge in [0.25, 0.3) is 0 Å². The molecule has 1 saturated carbocycles. The molecule has 1 N–H and O–H groups in total. The highest BCUT2D eigenvalue weighted by atomic mass is 79.9. The summed E-state index contributed by atoms with van der Waals surface area (Å²) in [6.45, 7) is 1.02. The van der Waals surface area contributed by atoms with Gasteiger partial charge >= 0.3 is 0 Å². The van der Waals surface area contributed by atoms with Crippen LogP contribution in [-0.2, 0) is 6.42 Å². The second-order valence-electron chi connectivity index (χ2n) is 4.08. The number of hydrogen-bond acceptors (Lipinski definition) is 5. The van der Waals surface area contributed by atoms with Gasteiger partial charge in [0.05, 0.1) is 4.88 Å². The Morgan fingerprint density at radius 1 is 1.41 bits per heavy atom. The average Bonchev–Trinajstić information content (AvgIpc) is 2.85. The van der Waals surface area contributed by atoms with E-state index in [4.69, 9.17) is 0 Å². The predicted octanol–water partition coefficient (Wildman–Crippen LogP) is 3.32. The summed E-state index contributed by atoms with van der Waals surface area (Å²) in [6, 6.07) is 2.82. The van der Waals surface area contributed by atoms with Crippen molar-refractivity contribution in [1.82, 2.24) is 15.5 Å². The van der Waals surface area contributed by atoms with Crippen LogP contribution in [0, 0.1) is 0 Å². The van der Waals surface area contributed by atoms with E-state index in [0.29, 0.717) is 0 Å². The van der Waals surface area contributed by atoms with Crippen molar-refractivity contribution in [3.05, 3.63) is 20.9 Å². The molecular formula is C11H12BrN3S2. The molecule has 0 saturated heterocycles.